The SMILES string of the molecule is Cc1ccc(S(=O)(=O)[C@H](CC(=O)c2ccc(Cl)cc2)c2ccc(Cl)cc2Cl)cc1. The molecular formula is C22H17Cl3O3S. The number of hydrogen-bond donors (Lipinski definition) is 0. The van der Waals surface area contributed by atoms with Crippen LogP contribution in [0, 0.1) is 6.92 Å². The molecule has 29 heavy (non-hydrogen) atoms. The molecule has 0 aromatic heterocycles. The Morgan fingerprint density at radius 3 is 2.03 bits per heavy atom. The number of ketones is 1. The van der Waals surface area contributed by atoms with E-state index in [0.29, 0.717) is 21.2 Å². The first-order valence-corrected chi connectivity index (χ1v) is 11.4. The van der Waals surface area contributed by atoms with Crippen molar-refractivity contribution in [1.29, 1.82) is 0 Å². The second-order valence-electron chi connectivity index (χ2n) is 6.65. The van der Waals surface area contributed by atoms with E-state index in [1.807, 2.05) is 6.92 Å². The van der Waals surface area contributed by atoms with Gasteiger partial charge < -0.3 is 0 Å². The van der Waals surface area contributed by atoms with Gasteiger partial charge >= 0.3 is 0 Å². The predicted molar refractivity (Wildman–Crippen MR) is 118 cm³/mol. The van der Waals surface area contributed by atoms with Gasteiger partial charge in [-0.25, -0.2) is 8.42 Å². The third kappa shape index (κ3) is 5.01. The number of halogens is 3. The average molecular weight is 468 g/mol. The van der Waals surface area contributed by atoms with Crippen LogP contribution in [-0.2, 0) is 9.84 Å². The summed E-state index contributed by atoms with van der Waals surface area (Å²) < 4.78 is 26.9. The molecule has 0 aliphatic heterocycles. The molecule has 0 N–H and O–H groups in total. The molecule has 150 valence electrons. The summed E-state index contributed by atoms with van der Waals surface area (Å²) in [7, 11) is -3.89. The molecule has 3 aromatic carbocycles. The van der Waals surface area contributed by atoms with Crippen LogP contribution in [0.2, 0.25) is 15.1 Å². The highest BCUT2D eigenvalue weighted by molar-refractivity contribution is 7.91. The summed E-state index contributed by atoms with van der Waals surface area (Å²) in [5.41, 5.74) is 1.64. The van der Waals surface area contributed by atoms with Gasteiger partial charge in [0.05, 0.1) is 10.1 Å². The zero-order valence-electron chi connectivity index (χ0n) is 15.4. The molecule has 0 heterocycles. The minimum atomic E-state index is -3.89. The lowest BCUT2D eigenvalue weighted by atomic mass is 10.0. The summed E-state index contributed by atoms with van der Waals surface area (Å²) in [6.45, 7) is 1.87. The van der Waals surface area contributed by atoms with Crippen molar-refractivity contribution < 1.29 is 13.2 Å². The lowest BCUT2D eigenvalue weighted by molar-refractivity contribution is 0.0981. The van der Waals surface area contributed by atoms with E-state index in [9.17, 15) is 13.2 Å². The lowest BCUT2D eigenvalue weighted by Gasteiger charge is -2.19. The maximum atomic E-state index is 13.4. The third-order valence-electron chi connectivity index (χ3n) is 4.57. The Kier molecular flexibility index (Phi) is 6.69. The molecule has 1 atom stereocenters. The molecule has 0 spiro atoms. The molecule has 0 fully saturated rings. The van der Waals surface area contributed by atoms with E-state index in [4.69, 9.17) is 34.8 Å². The molecular weight excluding hydrogens is 451 g/mol. The zero-order valence-corrected chi connectivity index (χ0v) is 18.5. The highest BCUT2D eigenvalue weighted by Gasteiger charge is 2.33. The first kappa shape index (κ1) is 21.8. The normalized spacial score (nSPS) is 12.6. The fourth-order valence-corrected chi connectivity index (χ4v) is 5.45. The standard InChI is InChI=1S/C22H17Cl3O3S/c1-14-2-9-18(10-3-14)29(27,28)22(19-11-8-17(24)12-20(19)25)13-21(26)15-4-6-16(23)7-5-15/h2-12,22H,13H2,1H3/t22-/m1/s1. The molecule has 7 heteroatoms. The minimum Gasteiger partial charge on any atom is -0.294 e. The van der Waals surface area contributed by atoms with Crippen LogP contribution in [-0.4, -0.2) is 14.2 Å². The fourth-order valence-electron chi connectivity index (χ4n) is 2.96. The van der Waals surface area contributed by atoms with Crippen molar-refractivity contribution in [1.82, 2.24) is 0 Å². The van der Waals surface area contributed by atoms with Crippen LogP contribution in [0.1, 0.15) is 33.2 Å². The highest BCUT2D eigenvalue weighted by Crippen LogP contribution is 2.37. The van der Waals surface area contributed by atoms with E-state index in [0.717, 1.165) is 5.56 Å². The largest absolute Gasteiger partial charge is 0.294 e. The van der Waals surface area contributed by atoms with Gasteiger partial charge in [0.25, 0.3) is 0 Å². The summed E-state index contributed by atoms with van der Waals surface area (Å²) in [4.78, 5) is 13.0. The average Bonchev–Trinajstić information content (AvgIpc) is 2.67. The van der Waals surface area contributed by atoms with Gasteiger partial charge in [-0.3, -0.25) is 4.79 Å². The van der Waals surface area contributed by atoms with Crippen LogP contribution in [0.5, 0.6) is 0 Å². The summed E-state index contributed by atoms with van der Waals surface area (Å²) in [6.07, 6.45) is -0.265. The molecule has 3 rings (SSSR count). The number of carbonyl (C=O) groups excluding carboxylic acids is 1. The Morgan fingerprint density at radius 1 is 0.862 bits per heavy atom. The van der Waals surface area contributed by atoms with Gasteiger partial charge in [-0.05, 0) is 61.0 Å². The molecule has 0 aliphatic rings. The monoisotopic (exact) mass is 466 g/mol. The number of carbonyl (C=O) groups is 1. The number of sulfone groups is 1. The smallest absolute Gasteiger partial charge is 0.185 e. The molecule has 0 saturated heterocycles. The van der Waals surface area contributed by atoms with Crippen LogP contribution in [0.4, 0.5) is 0 Å². The summed E-state index contributed by atoms with van der Waals surface area (Å²) >= 11 is 18.2. The number of hydrogen-bond acceptors (Lipinski definition) is 3. The number of benzene rings is 3. The first-order chi connectivity index (χ1) is 13.7. The Balaban J connectivity index is 2.07. The molecule has 0 bridgehead atoms. The fraction of sp³-hybridized carbons (Fsp3) is 0.136. The molecule has 0 amide bonds. The van der Waals surface area contributed by atoms with Crippen molar-refractivity contribution in [2.24, 2.45) is 0 Å². The minimum absolute atomic E-state index is 0.128. The van der Waals surface area contributed by atoms with Crippen LogP contribution in [0.15, 0.2) is 71.6 Å². The molecule has 0 aliphatic carbocycles. The van der Waals surface area contributed by atoms with E-state index < -0.39 is 15.1 Å². The van der Waals surface area contributed by atoms with E-state index >= 15 is 0 Å². The first-order valence-electron chi connectivity index (χ1n) is 8.73. The van der Waals surface area contributed by atoms with Gasteiger partial charge in [0.1, 0.15) is 0 Å². The zero-order chi connectivity index (χ0) is 21.2. The van der Waals surface area contributed by atoms with Gasteiger partial charge in [-0.1, -0.05) is 58.6 Å². The van der Waals surface area contributed by atoms with E-state index in [1.54, 1.807) is 48.5 Å². The van der Waals surface area contributed by atoms with E-state index in [2.05, 4.69) is 0 Å². The Morgan fingerprint density at radius 2 is 1.45 bits per heavy atom. The Bertz CT molecular complexity index is 1140. The topological polar surface area (TPSA) is 51.2 Å². The van der Waals surface area contributed by atoms with Crippen LogP contribution < -0.4 is 0 Å². The number of rotatable bonds is 6. The molecule has 0 radical (unpaired) electrons. The van der Waals surface area contributed by atoms with Gasteiger partial charge in [-0.2, -0.15) is 0 Å². The lowest BCUT2D eigenvalue weighted by Crippen LogP contribution is -2.18. The van der Waals surface area contributed by atoms with Crippen molar-refractivity contribution in [3.05, 3.63) is 98.5 Å². The van der Waals surface area contributed by atoms with Gasteiger partial charge in [0.2, 0.25) is 0 Å². The van der Waals surface area contributed by atoms with Gasteiger partial charge in [0, 0.05) is 27.1 Å². The number of aryl methyl sites for hydroxylation is 1. The summed E-state index contributed by atoms with van der Waals surface area (Å²) in [5.74, 6) is -0.326. The summed E-state index contributed by atoms with van der Waals surface area (Å²) in [6, 6.07) is 17.4. The number of Topliss-reactive ketones (excluding diaryl/α,β-unsaturated/α-hetero) is 1. The van der Waals surface area contributed by atoms with Crippen molar-refractivity contribution >= 4 is 50.4 Å². The van der Waals surface area contributed by atoms with Gasteiger partial charge in [0.15, 0.2) is 15.6 Å². The van der Waals surface area contributed by atoms with Gasteiger partial charge in [-0.15, -0.1) is 0 Å². The van der Waals surface area contributed by atoms with E-state index in [-0.39, 0.29) is 22.1 Å². The van der Waals surface area contributed by atoms with Crippen molar-refractivity contribution in [2.45, 2.75) is 23.5 Å². The quantitative estimate of drug-likeness (QED) is 0.377. The third-order valence-corrected chi connectivity index (χ3v) is 7.48. The van der Waals surface area contributed by atoms with Crippen molar-refractivity contribution in [3.63, 3.8) is 0 Å². The Labute approximate surface area is 185 Å². The second kappa shape index (κ2) is 8.88. The van der Waals surface area contributed by atoms with Crippen LogP contribution in [0.25, 0.3) is 0 Å². The highest BCUT2D eigenvalue weighted by atomic mass is 35.5. The Hall–Kier alpha value is -1.85. The van der Waals surface area contributed by atoms with Crippen molar-refractivity contribution in [2.75, 3.05) is 0 Å². The molecule has 3 aromatic rings. The molecule has 0 saturated carbocycles. The predicted octanol–water partition coefficient (Wildman–Crippen LogP) is 6.74. The maximum Gasteiger partial charge on any atom is 0.185 e. The summed E-state index contributed by atoms with van der Waals surface area (Å²) in [5, 5.41) is -0.0828. The van der Waals surface area contributed by atoms with Crippen molar-refractivity contribution in [3.8, 4) is 0 Å². The molecule has 3 nitrogen and oxygen atoms in total. The van der Waals surface area contributed by atoms with Crippen LogP contribution >= 0.6 is 34.8 Å². The maximum absolute atomic E-state index is 13.4. The molecule has 0 unspecified atom stereocenters. The van der Waals surface area contributed by atoms with Crippen LogP contribution in [0.3, 0.4) is 0 Å². The van der Waals surface area contributed by atoms with E-state index in [1.165, 1.54) is 18.2 Å². The second-order valence-corrected chi connectivity index (χ2v) is 10.1.